The molecule has 2 atom stereocenters. The van der Waals surface area contributed by atoms with Crippen LogP contribution < -0.4 is 5.32 Å². The number of anilines is 1. The summed E-state index contributed by atoms with van der Waals surface area (Å²) in [5, 5.41) is 16.4. The molecule has 1 aliphatic carbocycles. The molecule has 0 saturated heterocycles. The van der Waals surface area contributed by atoms with Crippen molar-refractivity contribution in [1.29, 1.82) is 0 Å². The quantitative estimate of drug-likeness (QED) is 0.785. The highest BCUT2D eigenvalue weighted by molar-refractivity contribution is 5.39. The van der Waals surface area contributed by atoms with Crippen molar-refractivity contribution in [2.75, 3.05) is 5.32 Å². The molecule has 2 aromatic heterocycles. The van der Waals surface area contributed by atoms with Gasteiger partial charge in [-0.3, -0.25) is 0 Å². The van der Waals surface area contributed by atoms with Gasteiger partial charge in [0.1, 0.15) is 11.6 Å². The highest BCUT2D eigenvalue weighted by Gasteiger charge is 2.28. The number of hydrogen-bond donors (Lipinski definition) is 1. The molecular weight excluding hydrogens is 317 g/mol. The van der Waals surface area contributed by atoms with Gasteiger partial charge in [-0.25, -0.2) is 9.07 Å². The monoisotopic (exact) mass is 337 g/mol. The Hall–Kier alpha value is -2.76. The van der Waals surface area contributed by atoms with Crippen molar-refractivity contribution >= 4 is 5.82 Å². The Bertz CT molecular complexity index is 841. The summed E-state index contributed by atoms with van der Waals surface area (Å²) in [6.07, 6.45) is 5.19. The summed E-state index contributed by atoms with van der Waals surface area (Å²) in [6, 6.07) is 12.9. The van der Waals surface area contributed by atoms with Crippen LogP contribution in [-0.4, -0.2) is 26.0 Å². The summed E-state index contributed by atoms with van der Waals surface area (Å²) in [5.41, 5.74) is 2.12. The molecule has 25 heavy (non-hydrogen) atoms. The molecular formula is C19H20FN5. The molecule has 128 valence electrons. The zero-order valence-electron chi connectivity index (χ0n) is 14.1. The molecule has 2 unspecified atom stereocenters. The molecule has 0 radical (unpaired) electrons. The summed E-state index contributed by atoms with van der Waals surface area (Å²) < 4.78 is 14.9. The summed E-state index contributed by atoms with van der Waals surface area (Å²) in [7, 11) is 0. The van der Waals surface area contributed by atoms with Gasteiger partial charge in [0.2, 0.25) is 0 Å². The first-order valence-corrected chi connectivity index (χ1v) is 8.57. The number of halogens is 1. The van der Waals surface area contributed by atoms with E-state index in [4.69, 9.17) is 0 Å². The van der Waals surface area contributed by atoms with Crippen LogP contribution in [0.2, 0.25) is 0 Å². The van der Waals surface area contributed by atoms with Gasteiger partial charge in [0.05, 0.1) is 5.69 Å². The van der Waals surface area contributed by atoms with Crippen LogP contribution in [0, 0.1) is 12.7 Å². The fraction of sp³-hybridized carbons (Fsp3) is 0.316. The minimum Gasteiger partial charge on any atom is -0.365 e. The molecule has 0 bridgehead atoms. The Morgan fingerprint density at radius 1 is 1.04 bits per heavy atom. The van der Waals surface area contributed by atoms with Crippen molar-refractivity contribution < 1.29 is 4.39 Å². The fourth-order valence-electron chi connectivity index (χ4n) is 3.50. The van der Waals surface area contributed by atoms with Crippen LogP contribution in [-0.2, 0) is 0 Å². The molecule has 6 heteroatoms. The minimum absolute atomic E-state index is 0.193. The Balaban J connectivity index is 1.48. The maximum Gasteiger partial charge on any atom is 0.175 e. The molecule has 1 aromatic carbocycles. The second kappa shape index (κ2) is 6.63. The summed E-state index contributed by atoms with van der Waals surface area (Å²) in [6.45, 7) is 1.94. The largest absolute Gasteiger partial charge is 0.365 e. The van der Waals surface area contributed by atoms with Gasteiger partial charge >= 0.3 is 0 Å². The van der Waals surface area contributed by atoms with E-state index in [0.717, 1.165) is 30.8 Å². The molecule has 0 aliphatic heterocycles. The van der Waals surface area contributed by atoms with Crippen LogP contribution in [0.3, 0.4) is 0 Å². The molecule has 1 fully saturated rings. The van der Waals surface area contributed by atoms with Gasteiger partial charge in [-0.2, -0.15) is 5.10 Å². The number of rotatable bonds is 4. The number of aromatic nitrogens is 4. The average Bonchev–Trinajstić information content (AvgIpc) is 3.26. The predicted molar refractivity (Wildman–Crippen MR) is 94.3 cm³/mol. The van der Waals surface area contributed by atoms with E-state index in [-0.39, 0.29) is 11.9 Å². The molecule has 1 N–H and O–H groups in total. The number of hydrogen-bond acceptors (Lipinski definition) is 4. The van der Waals surface area contributed by atoms with E-state index in [2.05, 4.69) is 20.6 Å². The molecule has 4 rings (SSSR count). The molecule has 5 nitrogen and oxygen atoms in total. The smallest absolute Gasteiger partial charge is 0.175 e. The molecule has 0 spiro atoms. The SMILES string of the molecule is Cc1ccn(-c2ccc(NC3CCCC3c3ccc(F)cc3)nn2)n1. The third-order valence-electron chi connectivity index (χ3n) is 4.75. The van der Waals surface area contributed by atoms with E-state index in [1.54, 1.807) is 4.68 Å². The summed E-state index contributed by atoms with van der Waals surface area (Å²) in [5.74, 6) is 1.63. The lowest BCUT2D eigenvalue weighted by Crippen LogP contribution is -2.23. The maximum atomic E-state index is 13.2. The van der Waals surface area contributed by atoms with Crippen LogP contribution >= 0.6 is 0 Å². The van der Waals surface area contributed by atoms with Crippen molar-refractivity contribution in [3.63, 3.8) is 0 Å². The van der Waals surface area contributed by atoms with E-state index in [0.29, 0.717) is 11.7 Å². The molecule has 1 aliphatic rings. The summed E-state index contributed by atoms with van der Waals surface area (Å²) in [4.78, 5) is 0. The highest BCUT2D eigenvalue weighted by atomic mass is 19.1. The van der Waals surface area contributed by atoms with E-state index >= 15 is 0 Å². The van der Waals surface area contributed by atoms with E-state index in [9.17, 15) is 4.39 Å². The molecule has 0 amide bonds. The number of aryl methyl sites for hydroxylation is 1. The Labute approximate surface area is 145 Å². The van der Waals surface area contributed by atoms with Crippen LogP contribution in [0.25, 0.3) is 5.82 Å². The third kappa shape index (κ3) is 3.38. The first-order chi connectivity index (χ1) is 12.2. The lowest BCUT2D eigenvalue weighted by atomic mass is 9.94. The van der Waals surface area contributed by atoms with Crippen LogP contribution in [0.4, 0.5) is 10.2 Å². The first-order valence-electron chi connectivity index (χ1n) is 8.57. The van der Waals surface area contributed by atoms with Gasteiger partial charge in [0.25, 0.3) is 0 Å². The number of nitrogens with zero attached hydrogens (tertiary/aromatic N) is 4. The van der Waals surface area contributed by atoms with Gasteiger partial charge in [-0.05, 0) is 55.7 Å². The second-order valence-corrected chi connectivity index (χ2v) is 6.52. The zero-order chi connectivity index (χ0) is 17.2. The van der Waals surface area contributed by atoms with Crippen molar-refractivity contribution in [2.45, 2.75) is 38.1 Å². The highest BCUT2D eigenvalue weighted by Crippen LogP contribution is 2.36. The Kier molecular flexibility index (Phi) is 4.17. The van der Waals surface area contributed by atoms with Crippen molar-refractivity contribution in [3.05, 3.63) is 65.7 Å². The van der Waals surface area contributed by atoms with Crippen LogP contribution in [0.15, 0.2) is 48.7 Å². The topological polar surface area (TPSA) is 55.6 Å². The van der Waals surface area contributed by atoms with Crippen LogP contribution in [0.5, 0.6) is 0 Å². The fourth-order valence-corrected chi connectivity index (χ4v) is 3.50. The molecule has 3 aromatic rings. The molecule has 2 heterocycles. The molecule has 1 saturated carbocycles. The Morgan fingerprint density at radius 3 is 2.56 bits per heavy atom. The van der Waals surface area contributed by atoms with E-state index in [1.165, 1.54) is 17.7 Å². The predicted octanol–water partition coefficient (Wildman–Crippen LogP) is 3.86. The third-order valence-corrected chi connectivity index (χ3v) is 4.75. The first kappa shape index (κ1) is 15.7. The normalized spacial score (nSPS) is 19.9. The van der Waals surface area contributed by atoms with Gasteiger partial charge in [0, 0.05) is 18.2 Å². The van der Waals surface area contributed by atoms with Crippen molar-refractivity contribution in [3.8, 4) is 5.82 Å². The van der Waals surface area contributed by atoms with Crippen LogP contribution in [0.1, 0.15) is 36.4 Å². The van der Waals surface area contributed by atoms with E-state index < -0.39 is 0 Å². The van der Waals surface area contributed by atoms with Crippen molar-refractivity contribution in [1.82, 2.24) is 20.0 Å². The zero-order valence-corrected chi connectivity index (χ0v) is 14.1. The second-order valence-electron chi connectivity index (χ2n) is 6.52. The number of nitrogens with one attached hydrogen (secondary N) is 1. The lowest BCUT2D eigenvalue weighted by Gasteiger charge is -2.21. The van der Waals surface area contributed by atoms with Crippen molar-refractivity contribution in [2.24, 2.45) is 0 Å². The standard InChI is InChI=1S/C19H20FN5/c1-13-11-12-25(24-13)19-10-9-18(22-23-19)21-17-4-2-3-16(17)14-5-7-15(20)8-6-14/h5-12,16-17H,2-4H2,1H3,(H,21,22). The summed E-state index contributed by atoms with van der Waals surface area (Å²) >= 11 is 0. The van der Waals surface area contributed by atoms with Gasteiger partial charge < -0.3 is 5.32 Å². The minimum atomic E-state index is -0.193. The van der Waals surface area contributed by atoms with Gasteiger partial charge in [-0.1, -0.05) is 18.6 Å². The Morgan fingerprint density at radius 2 is 1.88 bits per heavy atom. The average molecular weight is 337 g/mol. The lowest BCUT2D eigenvalue weighted by molar-refractivity contribution is 0.618. The maximum absolute atomic E-state index is 13.2. The van der Waals surface area contributed by atoms with Gasteiger partial charge in [-0.15, -0.1) is 10.2 Å². The number of benzene rings is 1. The van der Waals surface area contributed by atoms with Gasteiger partial charge in [0.15, 0.2) is 5.82 Å². The van der Waals surface area contributed by atoms with E-state index in [1.807, 2.05) is 43.5 Å².